The number of rotatable bonds is 7. The van der Waals surface area contributed by atoms with Crippen LogP contribution >= 0.6 is 0 Å². The minimum Gasteiger partial charge on any atom is -0.368 e. The first-order valence-electron chi connectivity index (χ1n) is 6.72. The summed E-state index contributed by atoms with van der Waals surface area (Å²) in [6.45, 7) is 8.94. The number of nitrogens with two attached hydrogens (primary N) is 2. The van der Waals surface area contributed by atoms with E-state index in [-0.39, 0.29) is 12.5 Å². The van der Waals surface area contributed by atoms with Crippen LogP contribution in [0.5, 0.6) is 0 Å². The van der Waals surface area contributed by atoms with Crippen molar-refractivity contribution in [1.29, 1.82) is 0 Å². The quantitative estimate of drug-likeness (QED) is 0.504. The van der Waals surface area contributed by atoms with Gasteiger partial charge in [0.1, 0.15) is 17.5 Å². The van der Waals surface area contributed by atoms with Crippen molar-refractivity contribution in [2.75, 3.05) is 23.4 Å². The molecule has 1 amide bonds. The molecule has 0 fully saturated rings. The number of hydrazine groups is 1. The molecule has 0 radical (unpaired) electrons. The lowest BCUT2D eigenvalue weighted by molar-refractivity contribution is -0.116. The molecule has 0 bridgehead atoms. The number of aromatic nitrogens is 2. The fourth-order valence-electron chi connectivity index (χ4n) is 1.81. The molecular formula is C13H24N6O. The van der Waals surface area contributed by atoms with E-state index in [1.165, 1.54) is 0 Å². The number of nitrogens with zero attached hydrogens (tertiary/aromatic N) is 3. The van der Waals surface area contributed by atoms with Gasteiger partial charge in [-0.3, -0.25) is 4.79 Å². The van der Waals surface area contributed by atoms with Crippen molar-refractivity contribution in [1.82, 2.24) is 9.97 Å². The molecule has 7 heteroatoms. The highest BCUT2D eigenvalue weighted by Gasteiger charge is 2.16. The number of carbonyl (C=O) groups is 1. The lowest BCUT2D eigenvalue weighted by atomic mass is 10.2. The van der Waals surface area contributed by atoms with E-state index in [1.54, 1.807) is 6.07 Å². The van der Waals surface area contributed by atoms with Crippen molar-refractivity contribution in [2.24, 2.45) is 17.5 Å². The Morgan fingerprint density at radius 3 is 2.45 bits per heavy atom. The Kier molecular flexibility index (Phi) is 5.69. The van der Waals surface area contributed by atoms with Gasteiger partial charge in [0.05, 0.1) is 6.54 Å². The molecule has 0 saturated carbocycles. The molecule has 7 nitrogen and oxygen atoms in total. The van der Waals surface area contributed by atoms with Gasteiger partial charge in [0.2, 0.25) is 5.91 Å². The molecule has 0 unspecified atom stereocenters. The van der Waals surface area contributed by atoms with Crippen molar-refractivity contribution in [3.63, 3.8) is 0 Å². The molecule has 5 N–H and O–H groups in total. The van der Waals surface area contributed by atoms with Crippen LogP contribution < -0.4 is 21.9 Å². The molecule has 0 aliphatic rings. The molecule has 0 saturated heterocycles. The van der Waals surface area contributed by atoms with E-state index < -0.39 is 5.91 Å². The van der Waals surface area contributed by atoms with Gasteiger partial charge >= 0.3 is 0 Å². The number of nitrogen functional groups attached to an aromatic ring is 1. The van der Waals surface area contributed by atoms with Crippen LogP contribution in [0.2, 0.25) is 0 Å². The van der Waals surface area contributed by atoms with E-state index in [0.29, 0.717) is 29.9 Å². The zero-order chi connectivity index (χ0) is 15.3. The Balaban J connectivity index is 3.16. The summed E-state index contributed by atoms with van der Waals surface area (Å²) < 4.78 is 0. The highest BCUT2D eigenvalue weighted by Crippen LogP contribution is 2.20. The van der Waals surface area contributed by atoms with Gasteiger partial charge in [-0.1, -0.05) is 27.7 Å². The summed E-state index contributed by atoms with van der Waals surface area (Å²) in [6.07, 6.45) is 0. The van der Waals surface area contributed by atoms with Crippen molar-refractivity contribution in [3.05, 3.63) is 11.9 Å². The third kappa shape index (κ3) is 4.65. The first kappa shape index (κ1) is 16.2. The fraction of sp³-hybridized carbons (Fsp3) is 0.615. The summed E-state index contributed by atoms with van der Waals surface area (Å²) in [7, 11) is 0. The highest BCUT2D eigenvalue weighted by molar-refractivity contribution is 5.79. The van der Waals surface area contributed by atoms with Crippen molar-refractivity contribution >= 4 is 17.5 Å². The molecule has 1 heterocycles. The summed E-state index contributed by atoms with van der Waals surface area (Å²) in [6, 6.07) is 1.72. The zero-order valence-corrected chi connectivity index (χ0v) is 12.6. The number of hydrogen-bond donors (Lipinski definition) is 3. The number of anilines is 2. The van der Waals surface area contributed by atoms with E-state index in [2.05, 4.69) is 29.2 Å². The van der Waals surface area contributed by atoms with Crippen LogP contribution in [-0.4, -0.2) is 29.0 Å². The summed E-state index contributed by atoms with van der Waals surface area (Å²) in [5.74, 6) is 7.44. The van der Waals surface area contributed by atoms with Crippen LogP contribution in [-0.2, 0) is 4.79 Å². The van der Waals surface area contributed by atoms with Gasteiger partial charge in [-0.15, -0.1) is 0 Å². The van der Waals surface area contributed by atoms with Crippen LogP contribution in [0.4, 0.5) is 11.6 Å². The van der Waals surface area contributed by atoms with Crippen molar-refractivity contribution in [2.45, 2.75) is 33.6 Å². The fourth-order valence-corrected chi connectivity index (χ4v) is 1.81. The van der Waals surface area contributed by atoms with Gasteiger partial charge in [-0.25, -0.2) is 15.8 Å². The topological polar surface area (TPSA) is 110 Å². The summed E-state index contributed by atoms with van der Waals surface area (Å²) in [5, 5.41) is 0. The maximum atomic E-state index is 11.2. The number of nitrogens with one attached hydrogen (secondary N) is 1. The first-order valence-corrected chi connectivity index (χ1v) is 6.72. The third-order valence-electron chi connectivity index (χ3n) is 2.65. The third-order valence-corrected chi connectivity index (χ3v) is 2.65. The van der Waals surface area contributed by atoms with Gasteiger partial charge < -0.3 is 16.1 Å². The predicted molar refractivity (Wildman–Crippen MR) is 80.2 cm³/mol. The van der Waals surface area contributed by atoms with Crippen LogP contribution in [0.25, 0.3) is 0 Å². The number of carbonyl (C=O) groups excluding carboxylic acids is 1. The average molecular weight is 280 g/mol. The van der Waals surface area contributed by atoms with Gasteiger partial charge in [0, 0.05) is 18.5 Å². The summed E-state index contributed by atoms with van der Waals surface area (Å²) >= 11 is 0. The molecule has 1 aromatic rings. The van der Waals surface area contributed by atoms with E-state index in [4.69, 9.17) is 11.6 Å². The lowest BCUT2D eigenvalue weighted by Crippen LogP contribution is -2.37. The van der Waals surface area contributed by atoms with Crippen LogP contribution in [0.3, 0.4) is 0 Å². The van der Waals surface area contributed by atoms with Gasteiger partial charge in [0.15, 0.2) is 0 Å². The molecule has 1 rings (SSSR count). The van der Waals surface area contributed by atoms with Gasteiger partial charge in [-0.05, 0) is 5.92 Å². The molecule has 1 aromatic heterocycles. The minimum atomic E-state index is -0.391. The monoisotopic (exact) mass is 280 g/mol. The average Bonchev–Trinajstić information content (AvgIpc) is 2.36. The summed E-state index contributed by atoms with van der Waals surface area (Å²) in [4.78, 5) is 21.9. The second kappa shape index (κ2) is 7.04. The molecule has 0 aliphatic carbocycles. The normalized spacial score (nSPS) is 10.9. The molecule has 0 atom stereocenters. The second-order valence-corrected chi connectivity index (χ2v) is 5.51. The molecule has 0 spiro atoms. The maximum absolute atomic E-state index is 11.2. The first-order chi connectivity index (χ1) is 9.33. The smallest absolute Gasteiger partial charge is 0.236 e. The molecule has 0 aromatic carbocycles. The largest absolute Gasteiger partial charge is 0.368 e. The Bertz CT molecular complexity index is 460. The van der Waals surface area contributed by atoms with Crippen molar-refractivity contribution < 1.29 is 4.79 Å². The molecule has 20 heavy (non-hydrogen) atoms. The Morgan fingerprint density at radius 1 is 1.35 bits per heavy atom. The van der Waals surface area contributed by atoms with E-state index in [1.807, 2.05) is 18.7 Å². The maximum Gasteiger partial charge on any atom is 0.236 e. The van der Waals surface area contributed by atoms with Crippen LogP contribution in [0.1, 0.15) is 39.4 Å². The zero-order valence-electron chi connectivity index (χ0n) is 12.6. The van der Waals surface area contributed by atoms with Crippen LogP contribution in [0, 0.1) is 5.92 Å². The minimum absolute atomic E-state index is 0.122. The van der Waals surface area contributed by atoms with E-state index >= 15 is 0 Å². The second-order valence-electron chi connectivity index (χ2n) is 5.51. The highest BCUT2D eigenvalue weighted by atomic mass is 16.1. The Hall–Kier alpha value is -1.89. The number of amides is 1. The van der Waals surface area contributed by atoms with E-state index in [9.17, 15) is 4.79 Å². The Morgan fingerprint density at radius 2 is 2.00 bits per heavy atom. The van der Waals surface area contributed by atoms with E-state index in [0.717, 1.165) is 0 Å². The predicted octanol–water partition coefficient (Wildman–Crippen LogP) is 0.833. The standard InChI is InChI=1S/C13H24N6O/c1-8(2)6-19(7-10(14)20)12-5-11(18-15)16-13(17-12)9(3)4/h5,8-9H,6-7,15H2,1-4H3,(H2,14,20)(H,16,17,18). The molecular weight excluding hydrogens is 256 g/mol. The van der Waals surface area contributed by atoms with Gasteiger partial charge in [0.25, 0.3) is 0 Å². The molecule has 112 valence electrons. The van der Waals surface area contributed by atoms with Crippen LogP contribution in [0.15, 0.2) is 6.07 Å². The summed E-state index contributed by atoms with van der Waals surface area (Å²) in [5.41, 5.74) is 7.84. The Labute approximate surface area is 119 Å². The SMILES string of the molecule is CC(C)CN(CC(N)=O)c1cc(NN)nc(C(C)C)n1. The number of hydrogen-bond acceptors (Lipinski definition) is 6. The lowest BCUT2D eigenvalue weighted by Gasteiger charge is -2.25. The molecule has 0 aliphatic heterocycles. The number of primary amides is 1. The van der Waals surface area contributed by atoms with Gasteiger partial charge in [-0.2, -0.15) is 0 Å². The van der Waals surface area contributed by atoms with Crippen molar-refractivity contribution in [3.8, 4) is 0 Å².